The second kappa shape index (κ2) is 6.42. The highest BCUT2D eigenvalue weighted by atomic mass is 35.5. The predicted octanol–water partition coefficient (Wildman–Crippen LogP) is 5.32. The Bertz CT molecular complexity index is 630. The molecule has 1 aromatic carbocycles. The molecule has 2 nitrogen and oxygen atoms in total. The van der Waals surface area contributed by atoms with Gasteiger partial charge < -0.3 is 5.32 Å². The van der Waals surface area contributed by atoms with Crippen LogP contribution in [-0.4, -0.2) is 11.5 Å². The molecule has 0 spiro atoms. The van der Waals surface area contributed by atoms with E-state index in [0.29, 0.717) is 32.7 Å². The SMILES string of the molecule is CCCNc1nc(-c2ccc(C)c(F)c2)c(Cl)cc1Cl. The summed E-state index contributed by atoms with van der Waals surface area (Å²) in [6.07, 6.45) is 0.954. The van der Waals surface area contributed by atoms with Crippen LogP contribution in [0.4, 0.5) is 10.2 Å². The van der Waals surface area contributed by atoms with E-state index in [4.69, 9.17) is 23.2 Å². The van der Waals surface area contributed by atoms with E-state index in [9.17, 15) is 4.39 Å². The van der Waals surface area contributed by atoms with Crippen molar-refractivity contribution in [2.45, 2.75) is 20.3 Å². The number of hydrogen-bond acceptors (Lipinski definition) is 2. The second-order valence-corrected chi connectivity index (χ2v) is 5.35. The molecule has 106 valence electrons. The third kappa shape index (κ3) is 3.22. The van der Waals surface area contributed by atoms with E-state index in [-0.39, 0.29) is 5.82 Å². The highest BCUT2D eigenvalue weighted by Gasteiger charge is 2.12. The lowest BCUT2D eigenvalue weighted by molar-refractivity contribution is 0.619. The fraction of sp³-hybridized carbons (Fsp3) is 0.267. The zero-order valence-electron chi connectivity index (χ0n) is 11.3. The number of aryl methyl sites for hydroxylation is 1. The van der Waals surface area contributed by atoms with Gasteiger partial charge in [0.05, 0.1) is 15.7 Å². The van der Waals surface area contributed by atoms with E-state index in [2.05, 4.69) is 10.3 Å². The summed E-state index contributed by atoms with van der Waals surface area (Å²) < 4.78 is 13.7. The number of aromatic nitrogens is 1. The first-order valence-electron chi connectivity index (χ1n) is 6.39. The van der Waals surface area contributed by atoms with E-state index < -0.39 is 0 Å². The molecule has 0 unspecified atom stereocenters. The van der Waals surface area contributed by atoms with E-state index in [1.807, 2.05) is 6.92 Å². The molecule has 0 radical (unpaired) electrons. The number of benzene rings is 1. The average molecular weight is 313 g/mol. The van der Waals surface area contributed by atoms with Gasteiger partial charge in [-0.1, -0.05) is 42.3 Å². The van der Waals surface area contributed by atoms with Crippen LogP contribution >= 0.6 is 23.2 Å². The van der Waals surface area contributed by atoms with Crippen LogP contribution in [0, 0.1) is 12.7 Å². The molecule has 0 aliphatic rings. The molecule has 5 heteroatoms. The Hall–Kier alpha value is -1.32. The van der Waals surface area contributed by atoms with Crippen molar-refractivity contribution in [3.8, 4) is 11.3 Å². The van der Waals surface area contributed by atoms with E-state index in [1.165, 1.54) is 6.07 Å². The molecular weight excluding hydrogens is 298 g/mol. The molecule has 2 rings (SSSR count). The van der Waals surface area contributed by atoms with Crippen LogP contribution in [0.1, 0.15) is 18.9 Å². The fourth-order valence-corrected chi connectivity index (χ4v) is 2.31. The van der Waals surface area contributed by atoms with Crippen molar-refractivity contribution in [1.29, 1.82) is 0 Å². The van der Waals surface area contributed by atoms with Gasteiger partial charge in [0.25, 0.3) is 0 Å². The zero-order valence-corrected chi connectivity index (χ0v) is 12.8. The normalized spacial score (nSPS) is 10.7. The van der Waals surface area contributed by atoms with Gasteiger partial charge in [-0.25, -0.2) is 9.37 Å². The molecule has 0 atom stereocenters. The molecule has 1 heterocycles. The van der Waals surface area contributed by atoms with Crippen LogP contribution < -0.4 is 5.32 Å². The molecule has 0 fully saturated rings. The smallest absolute Gasteiger partial charge is 0.145 e. The first-order valence-corrected chi connectivity index (χ1v) is 7.15. The molecule has 0 saturated carbocycles. The minimum absolute atomic E-state index is 0.279. The van der Waals surface area contributed by atoms with Crippen molar-refractivity contribution < 1.29 is 4.39 Å². The standard InChI is InChI=1S/C15H15Cl2FN2/c1-3-6-19-15-12(17)8-11(16)14(20-15)10-5-4-9(2)13(18)7-10/h4-5,7-8H,3,6H2,1-2H3,(H,19,20). The number of halogens is 3. The van der Waals surface area contributed by atoms with Gasteiger partial charge in [0.1, 0.15) is 11.6 Å². The van der Waals surface area contributed by atoms with Gasteiger partial charge in [0.2, 0.25) is 0 Å². The van der Waals surface area contributed by atoms with Crippen molar-refractivity contribution in [3.05, 3.63) is 45.7 Å². The molecule has 1 N–H and O–H groups in total. The van der Waals surface area contributed by atoms with Crippen LogP contribution in [0.15, 0.2) is 24.3 Å². The molecule has 20 heavy (non-hydrogen) atoms. The monoisotopic (exact) mass is 312 g/mol. The van der Waals surface area contributed by atoms with Gasteiger partial charge >= 0.3 is 0 Å². The minimum atomic E-state index is -0.279. The number of anilines is 1. The third-order valence-electron chi connectivity index (χ3n) is 2.92. The quantitative estimate of drug-likeness (QED) is 0.826. The largest absolute Gasteiger partial charge is 0.369 e. The molecular formula is C15H15Cl2FN2. The van der Waals surface area contributed by atoms with Crippen molar-refractivity contribution in [2.24, 2.45) is 0 Å². The summed E-state index contributed by atoms with van der Waals surface area (Å²) >= 11 is 12.3. The van der Waals surface area contributed by atoms with E-state index in [0.717, 1.165) is 13.0 Å². The van der Waals surface area contributed by atoms with Crippen LogP contribution in [0.25, 0.3) is 11.3 Å². The Morgan fingerprint density at radius 2 is 1.95 bits per heavy atom. The van der Waals surface area contributed by atoms with Crippen LogP contribution in [0.5, 0.6) is 0 Å². The molecule has 0 aliphatic heterocycles. The summed E-state index contributed by atoms with van der Waals surface area (Å²) in [5, 5.41) is 3.99. The second-order valence-electron chi connectivity index (χ2n) is 4.54. The average Bonchev–Trinajstić information content (AvgIpc) is 2.41. The van der Waals surface area contributed by atoms with Crippen molar-refractivity contribution in [3.63, 3.8) is 0 Å². The van der Waals surface area contributed by atoms with Gasteiger partial charge in [0, 0.05) is 12.1 Å². The van der Waals surface area contributed by atoms with Crippen molar-refractivity contribution in [1.82, 2.24) is 4.98 Å². The summed E-state index contributed by atoms with van der Waals surface area (Å²) in [7, 11) is 0. The first-order chi connectivity index (χ1) is 9.52. The molecule has 0 aliphatic carbocycles. The topological polar surface area (TPSA) is 24.9 Å². The maximum Gasteiger partial charge on any atom is 0.145 e. The van der Waals surface area contributed by atoms with E-state index in [1.54, 1.807) is 25.1 Å². The molecule has 2 aromatic rings. The van der Waals surface area contributed by atoms with Crippen LogP contribution in [0.2, 0.25) is 10.0 Å². The molecule has 0 amide bonds. The Morgan fingerprint density at radius 3 is 2.60 bits per heavy atom. The zero-order chi connectivity index (χ0) is 14.7. The van der Waals surface area contributed by atoms with Gasteiger partial charge in [-0.2, -0.15) is 0 Å². The molecule has 0 bridgehead atoms. The van der Waals surface area contributed by atoms with Gasteiger partial charge in [-0.05, 0) is 31.0 Å². The Balaban J connectivity index is 2.47. The highest BCUT2D eigenvalue weighted by molar-refractivity contribution is 6.37. The number of nitrogens with zero attached hydrogens (tertiary/aromatic N) is 1. The highest BCUT2D eigenvalue weighted by Crippen LogP contribution is 2.33. The maximum atomic E-state index is 13.7. The fourth-order valence-electron chi connectivity index (χ4n) is 1.78. The van der Waals surface area contributed by atoms with Crippen molar-refractivity contribution in [2.75, 3.05) is 11.9 Å². The maximum absolute atomic E-state index is 13.7. The summed E-state index contributed by atoms with van der Waals surface area (Å²) in [6.45, 7) is 4.52. The predicted molar refractivity (Wildman–Crippen MR) is 83.2 cm³/mol. The van der Waals surface area contributed by atoms with Crippen LogP contribution in [-0.2, 0) is 0 Å². The van der Waals surface area contributed by atoms with Gasteiger partial charge in [0.15, 0.2) is 0 Å². The van der Waals surface area contributed by atoms with E-state index >= 15 is 0 Å². The number of nitrogens with one attached hydrogen (secondary N) is 1. The summed E-state index contributed by atoms with van der Waals surface area (Å²) in [5.74, 6) is 0.285. The minimum Gasteiger partial charge on any atom is -0.369 e. The lowest BCUT2D eigenvalue weighted by atomic mass is 10.1. The summed E-state index contributed by atoms with van der Waals surface area (Å²) in [6, 6.07) is 6.56. The third-order valence-corrected chi connectivity index (χ3v) is 3.49. The Morgan fingerprint density at radius 1 is 1.20 bits per heavy atom. The number of pyridine rings is 1. The van der Waals surface area contributed by atoms with Gasteiger partial charge in [-0.3, -0.25) is 0 Å². The van der Waals surface area contributed by atoms with Gasteiger partial charge in [-0.15, -0.1) is 0 Å². The lowest BCUT2D eigenvalue weighted by Crippen LogP contribution is -2.03. The number of hydrogen-bond donors (Lipinski definition) is 1. The Labute approximate surface area is 127 Å². The molecule has 0 saturated heterocycles. The first kappa shape index (κ1) is 15.1. The van der Waals surface area contributed by atoms with Crippen LogP contribution in [0.3, 0.4) is 0 Å². The van der Waals surface area contributed by atoms with Crippen molar-refractivity contribution >= 4 is 29.0 Å². The molecule has 1 aromatic heterocycles. The number of rotatable bonds is 4. The Kier molecular flexibility index (Phi) is 4.84. The summed E-state index contributed by atoms with van der Waals surface area (Å²) in [5.41, 5.74) is 1.74. The summed E-state index contributed by atoms with van der Waals surface area (Å²) in [4.78, 5) is 4.41. The lowest BCUT2D eigenvalue weighted by Gasteiger charge is -2.11.